The lowest BCUT2D eigenvalue weighted by atomic mass is 9.99. The number of fused-ring (bicyclic) bond motifs is 2. The highest BCUT2D eigenvalue weighted by Crippen LogP contribution is 2.45. The van der Waals surface area contributed by atoms with E-state index in [0.29, 0.717) is 57.3 Å². The molecule has 1 aliphatic heterocycles. The largest absolute Gasteiger partial charge is 0.481 e. The van der Waals surface area contributed by atoms with E-state index >= 15 is 0 Å². The lowest BCUT2D eigenvalue weighted by Gasteiger charge is -2.34. The van der Waals surface area contributed by atoms with Crippen LogP contribution in [-0.4, -0.2) is 91.5 Å². The van der Waals surface area contributed by atoms with Gasteiger partial charge in [-0.2, -0.15) is 0 Å². The molecule has 3 N–H and O–H groups in total. The molecule has 2 aliphatic rings. The van der Waals surface area contributed by atoms with Gasteiger partial charge >= 0.3 is 11.7 Å². The van der Waals surface area contributed by atoms with Crippen molar-refractivity contribution in [1.82, 2.24) is 39.2 Å². The van der Waals surface area contributed by atoms with Gasteiger partial charge in [-0.3, -0.25) is 18.8 Å². The molecule has 0 radical (unpaired) electrons. The van der Waals surface area contributed by atoms with E-state index in [1.807, 2.05) is 30.3 Å². The van der Waals surface area contributed by atoms with Gasteiger partial charge in [0.1, 0.15) is 17.0 Å². The Morgan fingerprint density at radius 2 is 1.73 bits per heavy atom. The van der Waals surface area contributed by atoms with E-state index in [1.165, 1.54) is 11.6 Å². The van der Waals surface area contributed by atoms with Crippen molar-refractivity contribution in [2.24, 2.45) is 14.1 Å². The number of pyridine rings is 1. The second-order valence-electron chi connectivity index (χ2n) is 14.0. The number of urea groups is 1. The maximum absolute atomic E-state index is 13.2. The summed E-state index contributed by atoms with van der Waals surface area (Å²) in [6.45, 7) is 3.41. The third-order valence-corrected chi connectivity index (χ3v) is 11.5. The molecule has 5 aromatic rings. The van der Waals surface area contributed by atoms with Crippen LogP contribution in [0.25, 0.3) is 33.4 Å². The molecule has 1 fully saturated rings. The molecule has 7 rings (SSSR count). The highest BCUT2D eigenvalue weighted by Gasteiger charge is 2.33. The van der Waals surface area contributed by atoms with Crippen molar-refractivity contribution in [2.45, 2.75) is 44.7 Å². The van der Waals surface area contributed by atoms with Gasteiger partial charge in [-0.25, -0.2) is 24.5 Å². The zero-order valence-electron chi connectivity index (χ0n) is 31.3. The van der Waals surface area contributed by atoms with E-state index in [9.17, 15) is 19.5 Å². The van der Waals surface area contributed by atoms with Crippen LogP contribution in [0.15, 0.2) is 52.1 Å². The summed E-state index contributed by atoms with van der Waals surface area (Å²) in [6.07, 6.45) is 3.40. The fraction of sp³-hybridized carbons (Fsp3) is 0.385. The number of nitrogens with zero attached hydrogens (tertiary/aromatic N) is 7. The molecule has 2 amide bonds. The van der Waals surface area contributed by atoms with Gasteiger partial charge in [-0.1, -0.05) is 53.5 Å². The van der Waals surface area contributed by atoms with Crippen LogP contribution in [0.5, 0.6) is 5.88 Å². The van der Waals surface area contributed by atoms with Gasteiger partial charge in [-0.05, 0) is 57.4 Å². The van der Waals surface area contributed by atoms with Crippen LogP contribution in [0.4, 0.5) is 16.3 Å². The number of benzene rings is 2. The minimum absolute atomic E-state index is 0.0440. The molecule has 0 spiro atoms. The van der Waals surface area contributed by atoms with Crippen molar-refractivity contribution in [3.8, 4) is 28.3 Å². The first-order valence-corrected chi connectivity index (χ1v) is 18.9. The van der Waals surface area contributed by atoms with Gasteiger partial charge in [0.05, 0.1) is 35.1 Å². The van der Waals surface area contributed by atoms with Crippen LogP contribution in [0.2, 0.25) is 10.0 Å². The zero-order chi connectivity index (χ0) is 39.1. The molecule has 14 nitrogen and oxygen atoms in total. The molecule has 55 heavy (non-hydrogen) atoms. The summed E-state index contributed by atoms with van der Waals surface area (Å²) < 4.78 is 8.24. The Bertz CT molecular complexity index is 2430. The number of β-amino-alcohol motifs (C(OH)–C–C–N with tert-alkyl or cyclic N) is 1. The highest BCUT2D eigenvalue weighted by molar-refractivity contribution is 6.39. The Morgan fingerprint density at radius 3 is 2.45 bits per heavy atom. The van der Waals surface area contributed by atoms with E-state index < -0.39 is 11.2 Å². The number of aliphatic hydroxyl groups is 1. The normalized spacial score (nSPS) is 16.8. The van der Waals surface area contributed by atoms with Crippen LogP contribution >= 0.6 is 23.2 Å². The first-order valence-electron chi connectivity index (χ1n) is 18.1. The summed E-state index contributed by atoms with van der Waals surface area (Å²) in [4.78, 5) is 56.1. The number of nitrogens with one attached hydrogen (secondary N) is 2. The quantitative estimate of drug-likeness (QED) is 0.162. The first-order chi connectivity index (χ1) is 26.4. The predicted octanol–water partition coefficient (Wildman–Crippen LogP) is 5.21. The molecule has 16 heteroatoms. The molecule has 2 unspecified atom stereocenters. The molecular weight excluding hydrogens is 745 g/mol. The van der Waals surface area contributed by atoms with Crippen molar-refractivity contribution in [3.63, 3.8) is 0 Å². The third-order valence-electron chi connectivity index (χ3n) is 10.6. The molecular formula is C39H43Cl2N9O5. The molecule has 4 heterocycles. The van der Waals surface area contributed by atoms with Crippen LogP contribution in [-0.2, 0) is 20.5 Å². The number of halogens is 2. The molecule has 1 aliphatic carbocycles. The van der Waals surface area contributed by atoms with Crippen molar-refractivity contribution in [3.05, 3.63) is 90.3 Å². The minimum atomic E-state index is -0.527. The topological polar surface area (TPSA) is 160 Å². The smallest absolute Gasteiger partial charge is 0.332 e. The van der Waals surface area contributed by atoms with Gasteiger partial charge in [0.15, 0.2) is 5.65 Å². The zero-order valence-corrected chi connectivity index (χ0v) is 32.8. The molecule has 3 aromatic heterocycles. The number of aliphatic hydroxyl groups excluding tert-OH is 1. The van der Waals surface area contributed by atoms with E-state index in [2.05, 4.69) is 38.6 Å². The Hall–Kier alpha value is -5.02. The van der Waals surface area contributed by atoms with Crippen molar-refractivity contribution < 1.29 is 14.6 Å². The molecule has 288 valence electrons. The number of hydrogen-bond acceptors (Lipinski definition) is 10. The monoisotopic (exact) mass is 787 g/mol. The van der Waals surface area contributed by atoms with Crippen LogP contribution < -0.4 is 26.6 Å². The lowest BCUT2D eigenvalue weighted by Crippen LogP contribution is -2.53. The average molecular weight is 789 g/mol. The summed E-state index contributed by atoms with van der Waals surface area (Å²) in [7, 11) is 6.70. The minimum Gasteiger partial charge on any atom is -0.481 e. The van der Waals surface area contributed by atoms with Gasteiger partial charge in [0.25, 0.3) is 5.56 Å². The summed E-state index contributed by atoms with van der Waals surface area (Å²) >= 11 is 14.3. The summed E-state index contributed by atoms with van der Waals surface area (Å²) in [5, 5.41) is 16.5. The number of anilines is 2. The Kier molecular flexibility index (Phi) is 10.9. The van der Waals surface area contributed by atoms with Crippen LogP contribution in [0.3, 0.4) is 0 Å². The van der Waals surface area contributed by atoms with Gasteiger partial charge in [0.2, 0.25) is 5.88 Å². The van der Waals surface area contributed by atoms with Gasteiger partial charge in [-0.15, -0.1) is 0 Å². The number of carbonyl (C=O) groups is 1. The standard InChI is InChI=1S/C39H43Cl2N9O5/c1-21-42-34(31-35(43-21)48(3)39(54)49(4)37(31)52)45-27-11-7-9-25(33(27)41)24-8-6-10-26(32(24)40)28-20-22-12-13-29(30(22)36(46-28)55-5)47(2)16-14-23-15-17-50(18-19-51)38(53)44-23/h6-11,20,23,29,51H,12-19H2,1-5H3,(H,44,53)(H,42,43,45). The summed E-state index contributed by atoms with van der Waals surface area (Å²) in [6, 6.07) is 13.3. The van der Waals surface area contributed by atoms with Crippen molar-refractivity contribution >= 4 is 51.8 Å². The Labute approximate surface area is 327 Å². The Morgan fingerprint density at radius 1 is 1.00 bits per heavy atom. The summed E-state index contributed by atoms with van der Waals surface area (Å²) in [5.74, 6) is 1.15. The van der Waals surface area contributed by atoms with Gasteiger partial charge < -0.3 is 25.4 Å². The molecule has 1 saturated heterocycles. The highest BCUT2D eigenvalue weighted by atomic mass is 35.5. The molecule has 2 aromatic carbocycles. The molecule has 2 atom stereocenters. The van der Waals surface area contributed by atoms with E-state index in [0.717, 1.165) is 53.5 Å². The maximum Gasteiger partial charge on any atom is 0.332 e. The number of amides is 2. The van der Waals surface area contributed by atoms with Crippen molar-refractivity contribution in [1.29, 1.82) is 0 Å². The first kappa shape index (κ1) is 38.3. The predicted molar refractivity (Wildman–Crippen MR) is 214 cm³/mol. The number of aromatic nitrogens is 5. The van der Waals surface area contributed by atoms with Crippen LogP contribution in [0.1, 0.15) is 42.3 Å². The fourth-order valence-corrected chi connectivity index (χ4v) is 8.29. The molecule has 0 bridgehead atoms. The van der Waals surface area contributed by atoms with E-state index in [1.54, 1.807) is 32.0 Å². The number of hydrogen-bond donors (Lipinski definition) is 3. The van der Waals surface area contributed by atoms with E-state index in [-0.39, 0.29) is 41.6 Å². The second kappa shape index (κ2) is 15.6. The fourth-order valence-electron chi connectivity index (χ4n) is 7.69. The number of aryl methyl sites for hydroxylation is 3. The third kappa shape index (κ3) is 7.15. The van der Waals surface area contributed by atoms with Crippen LogP contribution in [0, 0.1) is 6.92 Å². The Balaban J connectivity index is 1.16. The van der Waals surface area contributed by atoms with E-state index in [4.69, 9.17) is 32.9 Å². The number of rotatable bonds is 11. The number of methoxy groups -OCH3 is 1. The number of carbonyl (C=O) groups excluding carboxylic acids is 1. The summed E-state index contributed by atoms with van der Waals surface area (Å²) in [5.41, 5.74) is 4.62. The maximum atomic E-state index is 13.2. The molecule has 0 saturated carbocycles. The lowest BCUT2D eigenvalue weighted by molar-refractivity contribution is 0.149. The average Bonchev–Trinajstić information content (AvgIpc) is 3.61. The SMILES string of the molecule is COc1nc(-c2cccc(-c3cccc(Nc4nc(C)nc5c4c(=O)n(C)c(=O)n5C)c3Cl)c2Cl)cc2c1C(N(C)CCC1CCN(CCO)C(=O)N1)CC2. The van der Waals surface area contributed by atoms with Gasteiger partial charge in [0, 0.05) is 68.1 Å². The second-order valence-corrected chi connectivity index (χ2v) is 14.8. The number of ether oxygens (including phenoxy) is 1. The van der Waals surface area contributed by atoms with Crippen molar-refractivity contribution in [2.75, 3.05) is 45.7 Å².